The predicted molar refractivity (Wildman–Crippen MR) is 103 cm³/mol. The number of carbonyl (C=O) groups excluding carboxylic acids is 1. The SMILES string of the molecule is CC(NC(=O)CSc1nnc(-c2ccc(Cl)cc2)o1)c1ccccc1Cl. The number of hydrogen-bond acceptors (Lipinski definition) is 5. The zero-order valence-electron chi connectivity index (χ0n) is 13.8. The molecule has 0 aliphatic rings. The van der Waals surface area contributed by atoms with Crippen molar-refractivity contribution in [3.63, 3.8) is 0 Å². The second kappa shape index (κ2) is 8.58. The lowest BCUT2D eigenvalue weighted by Crippen LogP contribution is -2.28. The van der Waals surface area contributed by atoms with E-state index >= 15 is 0 Å². The van der Waals surface area contributed by atoms with Gasteiger partial charge in [0.05, 0.1) is 11.8 Å². The van der Waals surface area contributed by atoms with Gasteiger partial charge in [-0.25, -0.2) is 0 Å². The first-order valence-corrected chi connectivity index (χ1v) is 9.53. The lowest BCUT2D eigenvalue weighted by atomic mass is 10.1. The summed E-state index contributed by atoms with van der Waals surface area (Å²) in [5.41, 5.74) is 1.64. The van der Waals surface area contributed by atoms with Crippen molar-refractivity contribution in [1.29, 1.82) is 0 Å². The van der Waals surface area contributed by atoms with Crippen molar-refractivity contribution in [1.82, 2.24) is 15.5 Å². The molecule has 3 rings (SSSR count). The molecule has 0 saturated carbocycles. The standard InChI is InChI=1S/C18H15Cl2N3O2S/c1-11(14-4-2-3-5-15(14)20)21-16(24)10-26-18-23-22-17(25-18)12-6-8-13(19)9-7-12/h2-9,11H,10H2,1H3,(H,21,24). The largest absolute Gasteiger partial charge is 0.411 e. The Hall–Kier alpha value is -2.02. The van der Waals surface area contributed by atoms with E-state index in [9.17, 15) is 4.79 Å². The fourth-order valence-electron chi connectivity index (χ4n) is 2.29. The summed E-state index contributed by atoms with van der Waals surface area (Å²) >= 11 is 13.2. The molecule has 8 heteroatoms. The van der Waals surface area contributed by atoms with E-state index in [1.165, 1.54) is 11.8 Å². The van der Waals surface area contributed by atoms with Crippen LogP contribution in [0.2, 0.25) is 10.0 Å². The fraction of sp³-hybridized carbons (Fsp3) is 0.167. The van der Waals surface area contributed by atoms with Gasteiger partial charge in [-0.05, 0) is 42.8 Å². The number of aromatic nitrogens is 2. The molecule has 0 bridgehead atoms. The number of benzene rings is 2. The Morgan fingerprint density at radius 3 is 2.62 bits per heavy atom. The van der Waals surface area contributed by atoms with E-state index in [0.717, 1.165) is 11.1 Å². The molecule has 5 nitrogen and oxygen atoms in total. The van der Waals surface area contributed by atoms with Crippen LogP contribution >= 0.6 is 35.0 Å². The Bertz CT molecular complexity index is 899. The van der Waals surface area contributed by atoms with Gasteiger partial charge in [0.1, 0.15) is 0 Å². The van der Waals surface area contributed by atoms with Crippen LogP contribution in [0.3, 0.4) is 0 Å². The van der Waals surface area contributed by atoms with Crippen LogP contribution in [0, 0.1) is 0 Å². The van der Waals surface area contributed by atoms with Gasteiger partial charge in [0.25, 0.3) is 5.22 Å². The third-order valence-electron chi connectivity index (χ3n) is 3.57. The summed E-state index contributed by atoms with van der Waals surface area (Å²) in [6.07, 6.45) is 0. The van der Waals surface area contributed by atoms with E-state index < -0.39 is 0 Å². The Kier molecular flexibility index (Phi) is 6.19. The summed E-state index contributed by atoms with van der Waals surface area (Å²) in [6.45, 7) is 1.88. The summed E-state index contributed by atoms with van der Waals surface area (Å²) in [5.74, 6) is 0.402. The molecule has 1 heterocycles. The molecule has 0 aliphatic carbocycles. The van der Waals surface area contributed by atoms with E-state index in [-0.39, 0.29) is 17.7 Å². The van der Waals surface area contributed by atoms with Crippen LogP contribution in [0.1, 0.15) is 18.5 Å². The Morgan fingerprint density at radius 1 is 1.15 bits per heavy atom. The monoisotopic (exact) mass is 407 g/mol. The summed E-state index contributed by atoms with van der Waals surface area (Å²) in [7, 11) is 0. The van der Waals surface area contributed by atoms with Gasteiger partial charge in [0, 0.05) is 15.6 Å². The highest BCUT2D eigenvalue weighted by Gasteiger charge is 2.15. The van der Waals surface area contributed by atoms with Crippen LogP contribution in [0.5, 0.6) is 0 Å². The molecular formula is C18H15Cl2N3O2S. The fourth-order valence-corrected chi connectivity index (χ4v) is 3.29. The van der Waals surface area contributed by atoms with Crippen LogP contribution in [0.25, 0.3) is 11.5 Å². The summed E-state index contributed by atoms with van der Waals surface area (Å²) in [6, 6.07) is 14.3. The van der Waals surface area contributed by atoms with Gasteiger partial charge in [-0.3, -0.25) is 4.79 Å². The molecule has 0 saturated heterocycles. The number of thioether (sulfide) groups is 1. The maximum Gasteiger partial charge on any atom is 0.277 e. The Labute approximate surface area is 165 Å². The molecule has 0 aliphatic heterocycles. The lowest BCUT2D eigenvalue weighted by Gasteiger charge is -2.15. The first kappa shape index (κ1) is 18.8. The molecule has 0 radical (unpaired) electrons. The minimum atomic E-state index is -0.191. The number of carbonyl (C=O) groups is 1. The molecule has 2 aromatic carbocycles. The molecule has 1 amide bonds. The minimum absolute atomic E-state index is 0.145. The van der Waals surface area contributed by atoms with Gasteiger partial charge < -0.3 is 9.73 Å². The van der Waals surface area contributed by atoms with E-state index in [1.807, 2.05) is 25.1 Å². The van der Waals surface area contributed by atoms with Crippen molar-refractivity contribution in [2.24, 2.45) is 0 Å². The highest BCUT2D eigenvalue weighted by atomic mass is 35.5. The number of halogens is 2. The summed E-state index contributed by atoms with van der Waals surface area (Å²) in [4.78, 5) is 12.1. The molecule has 1 N–H and O–H groups in total. The van der Waals surface area contributed by atoms with Crippen molar-refractivity contribution < 1.29 is 9.21 Å². The Morgan fingerprint density at radius 2 is 1.88 bits per heavy atom. The van der Waals surface area contributed by atoms with E-state index in [0.29, 0.717) is 21.2 Å². The normalized spacial score (nSPS) is 12.0. The second-order valence-electron chi connectivity index (χ2n) is 5.48. The molecule has 1 aromatic heterocycles. The minimum Gasteiger partial charge on any atom is -0.411 e. The molecular weight excluding hydrogens is 393 g/mol. The van der Waals surface area contributed by atoms with Gasteiger partial charge in [-0.1, -0.05) is 53.2 Å². The topological polar surface area (TPSA) is 68.0 Å². The highest BCUT2D eigenvalue weighted by molar-refractivity contribution is 7.99. The third kappa shape index (κ3) is 4.78. The lowest BCUT2D eigenvalue weighted by molar-refractivity contribution is -0.119. The molecule has 1 atom stereocenters. The van der Waals surface area contributed by atoms with E-state index in [1.54, 1.807) is 30.3 Å². The number of hydrogen-bond donors (Lipinski definition) is 1. The van der Waals surface area contributed by atoms with Crippen LogP contribution in [-0.2, 0) is 4.79 Å². The Balaban J connectivity index is 1.55. The average Bonchev–Trinajstić information content (AvgIpc) is 3.10. The predicted octanol–water partition coefficient (Wildman–Crippen LogP) is 5.01. The molecule has 0 spiro atoms. The van der Waals surface area contributed by atoms with Crippen molar-refractivity contribution in [3.05, 3.63) is 64.1 Å². The van der Waals surface area contributed by atoms with Crippen LogP contribution < -0.4 is 5.32 Å². The quantitative estimate of drug-likeness (QED) is 0.581. The van der Waals surface area contributed by atoms with Gasteiger partial charge in [0.2, 0.25) is 11.8 Å². The maximum atomic E-state index is 12.1. The first-order valence-electron chi connectivity index (χ1n) is 7.79. The number of rotatable bonds is 6. The van der Waals surface area contributed by atoms with Crippen molar-refractivity contribution in [2.75, 3.05) is 5.75 Å². The van der Waals surface area contributed by atoms with Crippen LogP contribution in [-0.4, -0.2) is 21.9 Å². The summed E-state index contributed by atoms with van der Waals surface area (Å²) < 4.78 is 5.57. The van der Waals surface area contributed by atoms with Gasteiger partial charge in [-0.15, -0.1) is 10.2 Å². The smallest absolute Gasteiger partial charge is 0.277 e. The number of nitrogens with zero attached hydrogens (tertiary/aromatic N) is 2. The van der Waals surface area contributed by atoms with Gasteiger partial charge in [-0.2, -0.15) is 0 Å². The average molecular weight is 408 g/mol. The highest BCUT2D eigenvalue weighted by Crippen LogP contribution is 2.25. The molecule has 0 fully saturated rings. The molecule has 3 aromatic rings. The van der Waals surface area contributed by atoms with Gasteiger partial charge >= 0.3 is 0 Å². The van der Waals surface area contributed by atoms with Crippen LogP contribution in [0.4, 0.5) is 0 Å². The van der Waals surface area contributed by atoms with Crippen LogP contribution in [0.15, 0.2) is 58.2 Å². The van der Waals surface area contributed by atoms with Crippen molar-refractivity contribution in [3.8, 4) is 11.5 Å². The van der Waals surface area contributed by atoms with E-state index in [2.05, 4.69) is 15.5 Å². The molecule has 1 unspecified atom stereocenters. The second-order valence-corrected chi connectivity index (χ2v) is 7.25. The van der Waals surface area contributed by atoms with Gasteiger partial charge in [0.15, 0.2) is 0 Å². The zero-order valence-corrected chi connectivity index (χ0v) is 16.1. The summed E-state index contributed by atoms with van der Waals surface area (Å²) in [5, 5.41) is 12.4. The van der Waals surface area contributed by atoms with Crippen molar-refractivity contribution >= 4 is 40.9 Å². The third-order valence-corrected chi connectivity index (χ3v) is 4.99. The first-order chi connectivity index (χ1) is 12.5. The van der Waals surface area contributed by atoms with Crippen molar-refractivity contribution in [2.45, 2.75) is 18.2 Å². The van der Waals surface area contributed by atoms with E-state index in [4.69, 9.17) is 27.6 Å². The number of amides is 1. The molecule has 26 heavy (non-hydrogen) atoms. The molecule has 134 valence electrons. The number of nitrogens with one attached hydrogen (secondary N) is 1. The zero-order chi connectivity index (χ0) is 18.5. The maximum absolute atomic E-state index is 12.1.